The molecule has 1 rings (SSSR count). The summed E-state index contributed by atoms with van der Waals surface area (Å²) in [5.41, 5.74) is 2.25. The van der Waals surface area contributed by atoms with Crippen LogP contribution in [0.25, 0.3) is 0 Å². The van der Waals surface area contributed by atoms with Crippen LogP contribution in [0.5, 0.6) is 0 Å². The van der Waals surface area contributed by atoms with Crippen molar-refractivity contribution in [2.75, 3.05) is 13.6 Å². The van der Waals surface area contributed by atoms with Gasteiger partial charge in [0.1, 0.15) is 5.82 Å². The number of benzene rings is 1. The Balaban J connectivity index is 2.72. The molecule has 2 heteroatoms. The first kappa shape index (κ1) is 9.20. The van der Waals surface area contributed by atoms with Gasteiger partial charge >= 0.3 is 0 Å². The van der Waals surface area contributed by atoms with E-state index in [0.717, 1.165) is 18.5 Å². The monoisotopic (exact) mass is 167 g/mol. The molecular weight excluding hydrogens is 153 g/mol. The average Bonchev–Trinajstić information content (AvgIpc) is 2.03. The first-order valence-electron chi connectivity index (χ1n) is 4.13. The van der Waals surface area contributed by atoms with Crippen molar-refractivity contribution < 1.29 is 4.39 Å². The molecule has 0 fully saturated rings. The number of rotatable bonds is 3. The number of likely N-dealkylation sites (N-methyl/N-ethyl adjacent to an activating group) is 1. The van der Waals surface area contributed by atoms with Crippen molar-refractivity contribution in [3.05, 3.63) is 35.1 Å². The van der Waals surface area contributed by atoms with Crippen LogP contribution in [0.2, 0.25) is 0 Å². The minimum Gasteiger partial charge on any atom is -0.319 e. The van der Waals surface area contributed by atoms with Gasteiger partial charge in [0.2, 0.25) is 0 Å². The van der Waals surface area contributed by atoms with Gasteiger partial charge in [0.05, 0.1) is 0 Å². The molecule has 1 aromatic rings. The molecule has 0 unspecified atom stereocenters. The Labute approximate surface area is 72.6 Å². The van der Waals surface area contributed by atoms with Gasteiger partial charge in [0, 0.05) is 0 Å². The molecule has 0 heterocycles. The standard InChI is InChI=1S/C10H14FN/c1-8-7-10(11)4-3-9(8)5-6-12-2/h3-4,7,12H,5-6H2,1-2H3. The summed E-state index contributed by atoms with van der Waals surface area (Å²) in [6.45, 7) is 2.88. The molecule has 0 aliphatic heterocycles. The molecule has 0 aromatic heterocycles. The van der Waals surface area contributed by atoms with E-state index >= 15 is 0 Å². The van der Waals surface area contributed by atoms with Gasteiger partial charge in [0.25, 0.3) is 0 Å². The Kier molecular flexibility index (Phi) is 3.23. The fourth-order valence-corrected chi connectivity index (χ4v) is 1.20. The van der Waals surface area contributed by atoms with Crippen molar-refractivity contribution in [1.29, 1.82) is 0 Å². The van der Waals surface area contributed by atoms with Crippen LogP contribution in [0.4, 0.5) is 4.39 Å². The minimum absolute atomic E-state index is 0.152. The SMILES string of the molecule is CNCCc1ccc(F)cc1C. The van der Waals surface area contributed by atoms with E-state index in [4.69, 9.17) is 0 Å². The highest BCUT2D eigenvalue weighted by atomic mass is 19.1. The van der Waals surface area contributed by atoms with Crippen LogP contribution in [0.1, 0.15) is 11.1 Å². The van der Waals surface area contributed by atoms with Gasteiger partial charge in [-0.05, 0) is 50.2 Å². The minimum atomic E-state index is -0.152. The summed E-state index contributed by atoms with van der Waals surface area (Å²) in [6.07, 6.45) is 0.961. The maximum absolute atomic E-state index is 12.7. The van der Waals surface area contributed by atoms with Crippen LogP contribution >= 0.6 is 0 Å². The van der Waals surface area contributed by atoms with E-state index < -0.39 is 0 Å². The first-order valence-corrected chi connectivity index (χ1v) is 4.13. The summed E-state index contributed by atoms with van der Waals surface area (Å²) in [5, 5.41) is 3.06. The van der Waals surface area contributed by atoms with Crippen molar-refractivity contribution in [3.63, 3.8) is 0 Å². The molecule has 0 radical (unpaired) electrons. The lowest BCUT2D eigenvalue weighted by atomic mass is 10.1. The van der Waals surface area contributed by atoms with E-state index in [2.05, 4.69) is 5.32 Å². The predicted octanol–water partition coefficient (Wildman–Crippen LogP) is 1.90. The van der Waals surface area contributed by atoms with E-state index in [-0.39, 0.29) is 5.82 Å². The lowest BCUT2D eigenvalue weighted by Crippen LogP contribution is -2.10. The summed E-state index contributed by atoms with van der Waals surface area (Å²) in [5.74, 6) is -0.152. The Morgan fingerprint density at radius 1 is 1.42 bits per heavy atom. The second-order valence-electron chi connectivity index (χ2n) is 2.92. The summed E-state index contributed by atoms with van der Waals surface area (Å²) >= 11 is 0. The number of halogens is 1. The zero-order valence-corrected chi connectivity index (χ0v) is 7.52. The molecule has 0 spiro atoms. The van der Waals surface area contributed by atoms with E-state index in [0.29, 0.717) is 0 Å². The molecule has 1 aromatic carbocycles. The topological polar surface area (TPSA) is 12.0 Å². The molecule has 66 valence electrons. The van der Waals surface area contributed by atoms with Crippen molar-refractivity contribution in [3.8, 4) is 0 Å². The van der Waals surface area contributed by atoms with Crippen molar-refractivity contribution in [1.82, 2.24) is 5.32 Å². The fraction of sp³-hybridized carbons (Fsp3) is 0.400. The average molecular weight is 167 g/mol. The van der Waals surface area contributed by atoms with Gasteiger partial charge in [-0.2, -0.15) is 0 Å². The van der Waals surface area contributed by atoms with Gasteiger partial charge in [-0.1, -0.05) is 6.07 Å². The highest BCUT2D eigenvalue weighted by molar-refractivity contribution is 5.26. The zero-order valence-electron chi connectivity index (χ0n) is 7.52. The molecule has 0 saturated carbocycles. The Hall–Kier alpha value is -0.890. The van der Waals surface area contributed by atoms with Crippen LogP contribution in [-0.2, 0) is 6.42 Å². The summed E-state index contributed by atoms with van der Waals surface area (Å²) < 4.78 is 12.7. The zero-order chi connectivity index (χ0) is 8.97. The van der Waals surface area contributed by atoms with E-state index in [1.807, 2.05) is 20.0 Å². The van der Waals surface area contributed by atoms with E-state index in [9.17, 15) is 4.39 Å². The second kappa shape index (κ2) is 4.21. The highest BCUT2D eigenvalue weighted by Crippen LogP contribution is 2.09. The second-order valence-corrected chi connectivity index (χ2v) is 2.92. The van der Waals surface area contributed by atoms with Crippen LogP contribution in [-0.4, -0.2) is 13.6 Å². The summed E-state index contributed by atoms with van der Waals surface area (Å²) in [6, 6.07) is 4.94. The normalized spacial score (nSPS) is 10.2. The third-order valence-corrected chi connectivity index (χ3v) is 1.95. The third-order valence-electron chi connectivity index (χ3n) is 1.95. The van der Waals surface area contributed by atoms with E-state index in [1.54, 1.807) is 6.07 Å². The van der Waals surface area contributed by atoms with Crippen LogP contribution in [0, 0.1) is 12.7 Å². The highest BCUT2D eigenvalue weighted by Gasteiger charge is 1.98. The molecular formula is C10H14FN. The molecule has 0 aliphatic rings. The number of aryl methyl sites for hydroxylation is 1. The van der Waals surface area contributed by atoms with Crippen molar-refractivity contribution in [2.24, 2.45) is 0 Å². The molecule has 12 heavy (non-hydrogen) atoms. The lowest BCUT2D eigenvalue weighted by Gasteiger charge is -2.04. The van der Waals surface area contributed by atoms with E-state index in [1.165, 1.54) is 11.6 Å². The smallest absolute Gasteiger partial charge is 0.123 e. The fourth-order valence-electron chi connectivity index (χ4n) is 1.20. The first-order chi connectivity index (χ1) is 5.74. The van der Waals surface area contributed by atoms with Crippen LogP contribution < -0.4 is 5.32 Å². The summed E-state index contributed by atoms with van der Waals surface area (Å²) in [4.78, 5) is 0. The number of nitrogens with one attached hydrogen (secondary N) is 1. The summed E-state index contributed by atoms with van der Waals surface area (Å²) in [7, 11) is 1.92. The quantitative estimate of drug-likeness (QED) is 0.725. The Morgan fingerprint density at radius 3 is 2.75 bits per heavy atom. The lowest BCUT2D eigenvalue weighted by molar-refractivity contribution is 0.625. The molecule has 1 nitrogen and oxygen atoms in total. The maximum Gasteiger partial charge on any atom is 0.123 e. The van der Waals surface area contributed by atoms with Crippen molar-refractivity contribution >= 4 is 0 Å². The van der Waals surface area contributed by atoms with Gasteiger partial charge in [-0.15, -0.1) is 0 Å². The van der Waals surface area contributed by atoms with Gasteiger partial charge < -0.3 is 5.32 Å². The molecule has 0 atom stereocenters. The maximum atomic E-state index is 12.7. The van der Waals surface area contributed by atoms with Gasteiger partial charge in [0.15, 0.2) is 0 Å². The van der Waals surface area contributed by atoms with Gasteiger partial charge in [-0.25, -0.2) is 4.39 Å². The predicted molar refractivity (Wildman–Crippen MR) is 48.8 cm³/mol. The van der Waals surface area contributed by atoms with Crippen molar-refractivity contribution in [2.45, 2.75) is 13.3 Å². The molecule has 0 saturated heterocycles. The third kappa shape index (κ3) is 2.31. The number of hydrogen-bond acceptors (Lipinski definition) is 1. The molecule has 1 N–H and O–H groups in total. The largest absolute Gasteiger partial charge is 0.319 e. The Bertz CT molecular complexity index is 258. The van der Waals surface area contributed by atoms with Gasteiger partial charge in [-0.3, -0.25) is 0 Å². The van der Waals surface area contributed by atoms with Crippen LogP contribution in [0.15, 0.2) is 18.2 Å². The molecule has 0 amide bonds. The molecule has 0 bridgehead atoms. The Morgan fingerprint density at radius 2 is 2.17 bits per heavy atom. The van der Waals surface area contributed by atoms with Crippen LogP contribution in [0.3, 0.4) is 0 Å². The number of hydrogen-bond donors (Lipinski definition) is 1. The molecule has 0 aliphatic carbocycles.